The lowest BCUT2D eigenvalue weighted by Gasteiger charge is -2.40. The average molecular weight is 1140 g/mol. The molecule has 8 heterocycles. The van der Waals surface area contributed by atoms with Crippen LogP contribution >= 0.6 is 51.8 Å². The molecule has 2 aromatic carbocycles. The number of halogens is 2. The smallest absolute Gasteiger partial charge is 0.407 e. The predicted molar refractivity (Wildman–Crippen MR) is 307 cm³/mol. The number of fused-ring (bicyclic) bond motifs is 5. The summed E-state index contributed by atoms with van der Waals surface area (Å²) in [5.74, 6) is -1.37. The number of aliphatic imine (C=N–C) groups is 2. The fourth-order valence-corrected chi connectivity index (χ4v) is 13.0. The molecule has 3 unspecified atom stereocenters. The highest BCUT2D eigenvalue weighted by Gasteiger charge is 2.45. The van der Waals surface area contributed by atoms with Crippen LogP contribution in [-0.4, -0.2) is 118 Å². The largest absolute Gasteiger partial charge is 0.464 e. The highest BCUT2D eigenvalue weighted by molar-refractivity contribution is 7.59. The number of carbonyl (C=O) groups is 4. The van der Waals surface area contributed by atoms with Crippen molar-refractivity contribution in [2.75, 3.05) is 33.9 Å². The summed E-state index contributed by atoms with van der Waals surface area (Å²) in [6.07, 6.45) is 10.2. The summed E-state index contributed by atoms with van der Waals surface area (Å²) in [5, 5.41) is 6.83. The van der Waals surface area contributed by atoms with Gasteiger partial charge < -0.3 is 39.4 Å². The molecule has 6 aliphatic heterocycles. The Morgan fingerprint density at radius 3 is 2.08 bits per heavy atom. The number of nitrogens with one attached hydrogen (secondary N) is 2. The van der Waals surface area contributed by atoms with Crippen LogP contribution in [0, 0.1) is 23.5 Å². The number of benzene rings is 2. The number of allylic oxidation sites excluding steroid dienone is 2. The Hall–Kier alpha value is -5.42. The molecule has 1 saturated carbocycles. The van der Waals surface area contributed by atoms with Crippen molar-refractivity contribution in [3.05, 3.63) is 81.6 Å². The first kappa shape index (κ1) is 57.7. The summed E-state index contributed by atoms with van der Waals surface area (Å²) < 4.78 is 58.9. The van der Waals surface area contributed by atoms with Gasteiger partial charge >= 0.3 is 12.2 Å². The molecule has 2 N–H and O–H groups in total. The van der Waals surface area contributed by atoms with E-state index in [1.807, 2.05) is 44.7 Å². The second-order valence-electron chi connectivity index (χ2n) is 21.6. The highest BCUT2D eigenvalue weighted by atomic mass is 32.1. The first-order valence-corrected chi connectivity index (χ1v) is 26.7. The van der Waals surface area contributed by atoms with E-state index in [0.29, 0.717) is 80.6 Å². The van der Waals surface area contributed by atoms with Gasteiger partial charge in [0.1, 0.15) is 23.7 Å². The van der Waals surface area contributed by atoms with Crippen molar-refractivity contribution in [3.63, 3.8) is 0 Å². The van der Waals surface area contributed by atoms with Gasteiger partial charge in [-0.1, -0.05) is 19.9 Å². The van der Waals surface area contributed by atoms with Gasteiger partial charge in [-0.05, 0) is 124 Å². The molecule has 11 rings (SSSR count). The number of thiazole rings is 1. The molecule has 0 spiro atoms. The van der Waals surface area contributed by atoms with E-state index in [2.05, 4.69) is 10.6 Å². The quantitative estimate of drug-likeness (QED) is 0.140. The van der Waals surface area contributed by atoms with Crippen molar-refractivity contribution >= 4 is 109 Å². The number of ether oxygens (including phenoxy) is 4. The number of likely N-dealkylation sites (tertiary alicyclic amines) is 2. The van der Waals surface area contributed by atoms with Crippen LogP contribution < -0.4 is 15.4 Å². The minimum atomic E-state index is -0.846. The molecule has 4 aromatic rings. The Kier molecular flexibility index (Phi) is 17.3. The molecule has 3 saturated heterocycles. The SMILES string of the molecule is COC(=O)NC(C(=O)N1CCC[C@H]1C1=NC=C(c2ccc3c(c2)c(F)c2n3C(c3cnc(C4CC4)s3)Oc3cc(C4=CN=C([C@@H]5CCCN5C(=O)[C@@H](NC(=O)OC)C(C)C)C4)cc(F)c3-2)C1)C1CCOC(C)(C)C1.S.S.S. The topological polar surface area (TPSA) is 178 Å². The zero-order chi connectivity index (χ0) is 51.7. The molecule has 4 amide bonds. The Balaban J connectivity index is 0.00000261. The van der Waals surface area contributed by atoms with Crippen LogP contribution in [-0.2, 0) is 23.8 Å². The van der Waals surface area contributed by atoms with Crippen molar-refractivity contribution in [1.82, 2.24) is 30.0 Å². The summed E-state index contributed by atoms with van der Waals surface area (Å²) in [6.45, 7) is 9.23. The van der Waals surface area contributed by atoms with E-state index in [4.69, 9.17) is 33.9 Å². The van der Waals surface area contributed by atoms with Crippen molar-refractivity contribution in [3.8, 4) is 17.0 Å². The number of alkyl carbamates (subject to hydrolysis) is 2. The van der Waals surface area contributed by atoms with Crippen molar-refractivity contribution in [2.45, 2.75) is 134 Å². The van der Waals surface area contributed by atoms with Crippen LogP contribution in [0.3, 0.4) is 0 Å². The average Bonchev–Trinajstić information content (AvgIpc) is 4.13. The van der Waals surface area contributed by atoms with Gasteiger partial charge in [-0.15, -0.1) is 11.3 Å². The molecule has 0 bridgehead atoms. The molecule has 77 heavy (non-hydrogen) atoms. The maximum atomic E-state index is 17.6. The lowest BCUT2D eigenvalue weighted by molar-refractivity contribution is -0.138. The molecule has 1 aliphatic carbocycles. The van der Waals surface area contributed by atoms with Crippen LogP contribution in [0.4, 0.5) is 18.4 Å². The Morgan fingerprint density at radius 2 is 1.45 bits per heavy atom. The molecule has 6 atom stereocenters. The van der Waals surface area contributed by atoms with E-state index in [9.17, 15) is 19.2 Å². The van der Waals surface area contributed by atoms with E-state index < -0.39 is 47.7 Å². The molecule has 2 aromatic heterocycles. The van der Waals surface area contributed by atoms with Crippen LogP contribution in [0.5, 0.6) is 5.75 Å². The number of hydrogen-bond donors (Lipinski definition) is 2. The van der Waals surface area contributed by atoms with Crippen LogP contribution in [0.2, 0.25) is 0 Å². The van der Waals surface area contributed by atoms with Gasteiger partial charge in [0.25, 0.3) is 0 Å². The Labute approximate surface area is 471 Å². The zero-order valence-electron chi connectivity index (χ0n) is 44.0. The third-order valence-corrected chi connectivity index (χ3v) is 17.0. The van der Waals surface area contributed by atoms with Gasteiger partial charge in [-0.3, -0.25) is 24.1 Å². The van der Waals surface area contributed by atoms with E-state index in [0.717, 1.165) is 63.7 Å². The minimum Gasteiger partial charge on any atom is -0.464 e. The third-order valence-electron chi connectivity index (χ3n) is 15.8. The lowest BCUT2D eigenvalue weighted by atomic mass is 9.82. The fourth-order valence-electron chi connectivity index (χ4n) is 11.9. The summed E-state index contributed by atoms with van der Waals surface area (Å²) in [6, 6.07) is 6.59. The lowest BCUT2D eigenvalue weighted by Crippen LogP contribution is -2.56. The van der Waals surface area contributed by atoms with Crippen molar-refractivity contribution < 1.29 is 46.9 Å². The second-order valence-corrected chi connectivity index (χ2v) is 22.6. The number of nitrogens with zero attached hydrogens (tertiary/aromatic N) is 6. The standard InChI is InChI=1S/C55H62F2N8O8S.3H2S/c1-28(2)46(61-53(68)70-5)50(66)63-16-7-9-40(63)38-22-34(26-59-38)32-20-36(56)44-42(23-32)73-52(43-27-60-49(74-43)29-11-12-29)65-39-14-13-30(19-35(39)45(57)48(44)65)33-21-37(58-25-33)41-10-8-17-64(41)51(67)47(62-54(69)71-6)31-15-18-72-55(3,4)24-31;;;/h13-14,19-20,23,25-29,31,40-41,46-47,52H,7-12,15-18,21-22,24H2,1-6H3,(H,61,68)(H,62,69);3*1H2/t31?,40-,41-,46-,47?,52?;;;/m0.../s1. The number of rotatable bonds is 12. The van der Waals surface area contributed by atoms with E-state index in [1.165, 1.54) is 31.6 Å². The summed E-state index contributed by atoms with van der Waals surface area (Å²) in [7, 11) is 2.55. The molecular formula is C55H68F2N8O8S4. The summed E-state index contributed by atoms with van der Waals surface area (Å²) >= 11 is 1.53. The number of methoxy groups -OCH3 is 2. The first-order valence-electron chi connectivity index (χ1n) is 25.9. The number of aromatic nitrogens is 2. The maximum absolute atomic E-state index is 17.6. The second kappa shape index (κ2) is 23.1. The number of hydrogen-bond acceptors (Lipinski definition) is 12. The molecule has 414 valence electrons. The van der Waals surface area contributed by atoms with Gasteiger partial charge in [-0.2, -0.15) is 40.5 Å². The van der Waals surface area contributed by atoms with E-state index in [1.54, 1.807) is 40.2 Å². The molecule has 0 radical (unpaired) electrons. The monoisotopic (exact) mass is 1130 g/mol. The Bertz CT molecular complexity index is 3100. The number of amides is 4. The van der Waals surface area contributed by atoms with Crippen LogP contribution in [0.1, 0.15) is 125 Å². The molecular weight excluding hydrogens is 1070 g/mol. The highest BCUT2D eigenvalue weighted by Crippen LogP contribution is 2.51. The van der Waals surface area contributed by atoms with Crippen molar-refractivity contribution in [2.24, 2.45) is 21.8 Å². The van der Waals surface area contributed by atoms with Gasteiger partial charge in [0.15, 0.2) is 5.82 Å². The predicted octanol–water partition coefficient (Wildman–Crippen LogP) is 9.86. The molecule has 4 fully saturated rings. The minimum absolute atomic E-state index is 0. The van der Waals surface area contributed by atoms with E-state index >= 15 is 8.78 Å². The molecule has 22 heteroatoms. The van der Waals surface area contributed by atoms with Crippen LogP contribution in [0.15, 0.2) is 58.9 Å². The normalized spacial score (nSPS) is 22.9. The maximum Gasteiger partial charge on any atom is 0.407 e. The fraction of sp³-hybridized carbons (Fsp3) is 0.509. The zero-order valence-corrected chi connectivity index (χ0v) is 47.9. The first-order chi connectivity index (χ1) is 35.6. The summed E-state index contributed by atoms with van der Waals surface area (Å²) in [5.41, 5.74) is 4.63. The van der Waals surface area contributed by atoms with Gasteiger partial charge in [0.05, 0.1) is 58.6 Å². The molecule has 16 nitrogen and oxygen atoms in total. The van der Waals surface area contributed by atoms with Gasteiger partial charge in [-0.25, -0.2) is 23.4 Å². The van der Waals surface area contributed by atoms with Gasteiger partial charge in [0, 0.05) is 73.9 Å². The van der Waals surface area contributed by atoms with Crippen molar-refractivity contribution in [1.29, 1.82) is 0 Å². The molecule has 7 aliphatic rings. The van der Waals surface area contributed by atoms with E-state index in [-0.39, 0.29) is 93.2 Å². The third kappa shape index (κ3) is 11.0. The summed E-state index contributed by atoms with van der Waals surface area (Å²) in [4.78, 5) is 71.9. The Morgan fingerprint density at radius 1 is 0.818 bits per heavy atom. The number of carbonyl (C=O) groups excluding carboxylic acids is 4. The van der Waals surface area contributed by atoms with Crippen LogP contribution in [0.25, 0.3) is 33.3 Å². The van der Waals surface area contributed by atoms with Gasteiger partial charge in [0.2, 0.25) is 18.0 Å².